The molecular formula is C19H30N6O2. The molecule has 3 heterocycles. The first-order valence-corrected chi connectivity index (χ1v) is 9.64. The average molecular weight is 374 g/mol. The highest BCUT2D eigenvalue weighted by molar-refractivity contribution is 5.94. The number of fused-ring (bicyclic) bond motifs is 1. The summed E-state index contributed by atoms with van der Waals surface area (Å²) in [5.74, 6) is 0.485. The van der Waals surface area contributed by atoms with Crippen LogP contribution in [0.15, 0.2) is 12.3 Å². The zero-order chi connectivity index (χ0) is 19.2. The Labute approximate surface area is 160 Å². The van der Waals surface area contributed by atoms with Gasteiger partial charge in [-0.25, -0.2) is 0 Å². The third-order valence-corrected chi connectivity index (χ3v) is 4.89. The van der Waals surface area contributed by atoms with Gasteiger partial charge in [0.15, 0.2) is 5.69 Å². The molecule has 0 aromatic carbocycles. The predicted molar refractivity (Wildman–Crippen MR) is 102 cm³/mol. The number of rotatable bonds is 9. The lowest BCUT2D eigenvalue weighted by molar-refractivity contribution is 0.0929. The van der Waals surface area contributed by atoms with Crippen LogP contribution in [0.5, 0.6) is 0 Å². The van der Waals surface area contributed by atoms with Gasteiger partial charge in [-0.05, 0) is 18.4 Å². The normalized spacial score (nSPS) is 14.5. The first kappa shape index (κ1) is 19.6. The minimum atomic E-state index is -0.116. The summed E-state index contributed by atoms with van der Waals surface area (Å²) >= 11 is 0. The molecule has 0 saturated heterocycles. The van der Waals surface area contributed by atoms with Gasteiger partial charge in [0.1, 0.15) is 0 Å². The molecule has 0 spiro atoms. The standard InChI is InChI=1S/C19H30N6O2/c1-14(2)5-10-25-17-6-9-24(12-15-4-7-21-22-15)13-16(17)18(23-25)19(26)20-8-11-27-3/h4,7,14H,5-6,8-13H2,1-3H3,(H,20,26)(H,21,22). The second-order valence-corrected chi connectivity index (χ2v) is 7.47. The number of hydrogen-bond donors (Lipinski definition) is 2. The quantitative estimate of drug-likeness (QED) is 0.651. The molecule has 8 nitrogen and oxygen atoms in total. The fourth-order valence-electron chi connectivity index (χ4n) is 3.39. The predicted octanol–water partition coefficient (Wildman–Crippen LogP) is 1.59. The zero-order valence-corrected chi connectivity index (χ0v) is 16.5. The van der Waals surface area contributed by atoms with Gasteiger partial charge < -0.3 is 10.1 Å². The largest absolute Gasteiger partial charge is 0.383 e. The Morgan fingerprint density at radius 1 is 1.44 bits per heavy atom. The van der Waals surface area contributed by atoms with E-state index in [9.17, 15) is 4.79 Å². The van der Waals surface area contributed by atoms with Crippen LogP contribution in [0.1, 0.15) is 47.7 Å². The van der Waals surface area contributed by atoms with Gasteiger partial charge in [0.05, 0.1) is 6.61 Å². The maximum Gasteiger partial charge on any atom is 0.272 e. The molecule has 1 amide bonds. The van der Waals surface area contributed by atoms with E-state index in [-0.39, 0.29) is 5.91 Å². The van der Waals surface area contributed by atoms with Gasteiger partial charge >= 0.3 is 0 Å². The number of hydrogen-bond acceptors (Lipinski definition) is 5. The van der Waals surface area contributed by atoms with Crippen LogP contribution in [0.4, 0.5) is 0 Å². The zero-order valence-electron chi connectivity index (χ0n) is 16.5. The van der Waals surface area contributed by atoms with Crippen LogP contribution in [0.25, 0.3) is 0 Å². The lowest BCUT2D eigenvalue weighted by Gasteiger charge is -2.27. The minimum Gasteiger partial charge on any atom is -0.383 e. The van der Waals surface area contributed by atoms with E-state index in [0.717, 1.165) is 50.3 Å². The van der Waals surface area contributed by atoms with E-state index in [2.05, 4.69) is 34.3 Å². The number of carbonyl (C=O) groups is 1. The Morgan fingerprint density at radius 3 is 3.00 bits per heavy atom. The summed E-state index contributed by atoms with van der Waals surface area (Å²) < 4.78 is 7.08. The van der Waals surface area contributed by atoms with Crippen molar-refractivity contribution in [3.63, 3.8) is 0 Å². The van der Waals surface area contributed by atoms with Crippen LogP contribution >= 0.6 is 0 Å². The van der Waals surface area contributed by atoms with Crippen LogP contribution < -0.4 is 5.32 Å². The molecule has 8 heteroatoms. The molecule has 1 aliphatic heterocycles. The van der Waals surface area contributed by atoms with Crippen LogP contribution in [0, 0.1) is 5.92 Å². The number of ether oxygens (including phenoxy) is 1. The fourth-order valence-corrected chi connectivity index (χ4v) is 3.39. The smallest absolute Gasteiger partial charge is 0.272 e. The summed E-state index contributed by atoms with van der Waals surface area (Å²) in [5.41, 5.74) is 3.89. The van der Waals surface area contributed by atoms with Crippen molar-refractivity contribution in [1.82, 2.24) is 30.2 Å². The molecule has 0 atom stereocenters. The molecule has 2 aromatic heterocycles. The Morgan fingerprint density at radius 2 is 2.30 bits per heavy atom. The number of carbonyl (C=O) groups excluding carboxylic acids is 1. The van der Waals surface area contributed by atoms with E-state index < -0.39 is 0 Å². The second-order valence-electron chi connectivity index (χ2n) is 7.47. The highest BCUT2D eigenvalue weighted by atomic mass is 16.5. The monoisotopic (exact) mass is 374 g/mol. The third kappa shape index (κ3) is 4.95. The number of amides is 1. The number of aromatic nitrogens is 4. The van der Waals surface area contributed by atoms with E-state index in [0.29, 0.717) is 24.8 Å². The molecule has 148 valence electrons. The number of aryl methyl sites for hydroxylation is 1. The maximum absolute atomic E-state index is 12.7. The highest BCUT2D eigenvalue weighted by Gasteiger charge is 2.28. The van der Waals surface area contributed by atoms with Gasteiger partial charge in [-0.15, -0.1) is 0 Å². The molecule has 0 bridgehead atoms. The van der Waals surface area contributed by atoms with Crippen molar-refractivity contribution >= 4 is 5.91 Å². The first-order chi connectivity index (χ1) is 13.1. The van der Waals surface area contributed by atoms with Crippen molar-refractivity contribution in [2.75, 3.05) is 26.8 Å². The Bertz CT molecular complexity index is 738. The minimum absolute atomic E-state index is 0.116. The molecule has 0 aliphatic carbocycles. The summed E-state index contributed by atoms with van der Waals surface area (Å²) in [6, 6.07) is 1.99. The molecule has 0 radical (unpaired) electrons. The SMILES string of the molecule is COCCNC(=O)c1nn(CCC(C)C)c2c1CN(Cc1ccn[nH]1)CC2. The van der Waals surface area contributed by atoms with Crippen molar-refractivity contribution in [1.29, 1.82) is 0 Å². The first-order valence-electron chi connectivity index (χ1n) is 9.64. The molecule has 3 rings (SSSR count). The number of nitrogens with one attached hydrogen (secondary N) is 2. The van der Waals surface area contributed by atoms with Gasteiger partial charge in [0.25, 0.3) is 5.91 Å². The molecule has 0 unspecified atom stereocenters. The summed E-state index contributed by atoms with van der Waals surface area (Å²) in [5, 5.41) is 14.6. The van der Waals surface area contributed by atoms with Gasteiger partial charge in [0, 0.05) is 69.4 Å². The van der Waals surface area contributed by atoms with Gasteiger partial charge in [-0.2, -0.15) is 10.2 Å². The van der Waals surface area contributed by atoms with Crippen molar-refractivity contribution in [2.24, 2.45) is 5.92 Å². The van der Waals surface area contributed by atoms with Crippen LogP contribution in [-0.2, 0) is 30.8 Å². The van der Waals surface area contributed by atoms with Crippen molar-refractivity contribution in [3.8, 4) is 0 Å². The average Bonchev–Trinajstić information content (AvgIpc) is 3.27. The van der Waals surface area contributed by atoms with Crippen molar-refractivity contribution in [3.05, 3.63) is 34.9 Å². The molecule has 1 aliphatic rings. The summed E-state index contributed by atoms with van der Waals surface area (Å²) in [6.07, 6.45) is 3.72. The van der Waals surface area contributed by atoms with Crippen LogP contribution in [0.2, 0.25) is 0 Å². The number of nitrogens with zero attached hydrogens (tertiary/aromatic N) is 4. The molecule has 0 fully saturated rings. The van der Waals surface area contributed by atoms with E-state index in [4.69, 9.17) is 9.84 Å². The fraction of sp³-hybridized carbons (Fsp3) is 0.632. The third-order valence-electron chi connectivity index (χ3n) is 4.89. The van der Waals surface area contributed by atoms with Crippen molar-refractivity contribution in [2.45, 2.75) is 46.3 Å². The Kier molecular flexibility index (Phi) is 6.63. The van der Waals surface area contributed by atoms with Crippen LogP contribution in [-0.4, -0.2) is 57.6 Å². The topological polar surface area (TPSA) is 88.1 Å². The number of methoxy groups -OCH3 is 1. The van der Waals surface area contributed by atoms with Crippen LogP contribution in [0.3, 0.4) is 0 Å². The summed E-state index contributed by atoms with van der Waals surface area (Å²) in [7, 11) is 1.63. The molecular weight excluding hydrogens is 344 g/mol. The molecule has 27 heavy (non-hydrogen) atoms. The summed E-state index contributed by atoms with van der Waals surface area (Å²) in [6.45, 7) is 8.72. The lowest BCUT2D eigenvalue weighted by Crippen LogP contribution is -2.33. The molecule has 2 N–H and O–H groups in total. The van der Waals surface area contributed by atoms with E-state index in [1.54, 1.807) is 13.3 Å². The van der Waals surface area contributed by atoms with E-state index in [1.165, 1.54) is 5.69 Å². The van der Waals surface area contributed by atoms with Gasteiger partial charge in [0.2, 0.25) is 0 Å². The maximum atomic E-state index is 12.7. The van der Waals surface area contributed by atoms with Crippen molar-refractivity contribution < 1.29 is 9.53 Å². The Hall–Kier alpha value is -2.19. The summed E-state index contributed by atoms with van der Waals surface area (Å²) in [4.78, 5) is 15.0. The highest BCUT2D eigenvalue weighted by Crippen LogP contribution is 2.24. The van der Waals surface area contributed by atoms with Gasteiger partial charge in [-0.1, -0.05) is 13.8 Å². The van der Waals surface area contributed by atoms with E-state index >= 15 is 0 Å². The van der Waals surface area contributed by atoms with Gasteiger partial charge in [-0.3, -0.25) is 19.5 Å². The number of H-pyrrole nitrogens is 1. The molecule has 0 saturated carbocycles. The second kappa shape index (κ2) is 9.14. The molecule has 2 aromatic rings. The lowest BCUT2D eigenvalue weighted by atomic mass is 10.0. The Balaban J connectivity index is 1.78. The van der Waals surface area contributed by atoms with E-state index in [1.807, 2.05) is 10.7 Å². The number of aromatic amines is 1.